The standard InChI is InChI=1S/C26H26N6O2.C25H26N4O3.C24H25N5O2.10H2/c1-19-24(25(33)29-22-9-3-2-4-10-22)30-23(18-28-19)20-7-5-8-21(17-20)26(34)32-15-13-31(14-16-32)12-6-11-27;1-16-23(25(32)28-19-8-3-2-4-9-19)29-22(15-26-16)17-6-5-7-18(14-17)24(31)27-20-10-12-21(30)13-11-20;1-17-22(23(30)26-20-9-4-3-5-10-20)27-21(16-25-17)18-7-6-8-19(15-18)24(31)29-13-11-28(2)12-14-29;;;;;;;;;;/h2-5,7-10,17-18H,6,12-16H2,1H3,(H,29,33);2-9,14-15,20-21,30H,10-13H2,1H3,(H,27,31)(H,28,32);3-10,15-16H,11-14H2,1-2H3,(H,26,30);10*1H. The number of benzene rings is 6. The molecule has 0 bridgehead atoms. The first kappa shape index (κ1) is 68.6. The van der Waals surface area contributed by atoms with Gasteiger partial charge in [-0.3, -0.25) is 48.6 Å². The number of amides is 6. The van der Waals surface area contributed by atoms with Crippen LogP contribution in [0.1, 0.15) is 126 Å². The molecule has 5 heterocycles. The Balaban J connectivity index is 0.00000151. The van der Waals surface area contributed by atoms with Crippen LogP contribution >= 0.6 is 0 Å². The van der Waals surface area contributed by atoms with E-state index in [0.29, 0.717) is 119 Å². The Kier molecular flexibility index (Phi) is 23.5. The third kappa shape index (κ3) is 18.8. The summed E-state index contributed by atoms with van der Waals surface area (Å²) in [5, 5.41) is 30.0. The van der Waals surface area contributed by atoms with Crippen molar-refractivity contribution in [3.05, 3.63) is 233 Å². The van der Waals surface area contributed by atoms with Crippen LogP contribution in [0.3, 0.4) is 0 Å². The number of nitrogens with one attached hydrogen (secondary N) is 4. The number of aliphatic hydroxyl groups is 1. The molecule has 0 radical (unpaired) electrons. The molecule has 2 aliphatic heterocycles. The fourth-order valence-electron chi connectivity index (χ4n) is 11.2. The molecular formula is C75H97N15O7. The van der Waals surface area contributed by atoms with Crippen molar-refractivity contribution < 1.29 is 48.1 Å². The number of nitrogens with zero attached hydrogens (tertiary/aromatic N) is 11. The van der Waals surface area contributed by atoms with Gasteiger partial charge in [0.15, 0.2) is 0 Å². The largest absolute Gasteiger partial charge is 0.393 e. The molecule has 0 atom stereocenters. The third-order valence-electron chi connectivity index (χ3n) is 16.9. The van der Waals surface area contributed by atoms with Gasteiger partial charge in [0, 0.05) is 136 Å². The molecule has 5 N–H and O–H groups in total. The summed E-state index contributed by atoms with van der Waals surface area (Å²) in [6, 6.07) is 51.6. The number of likely N-dealkylation sites (N-methyl/N-ethyl adjacent to an activating group) is 1. The molecule has 6 aromatic carbocycles. The summed E-state index contributed by atoms with van der Waals surface area (Å²) in [4.78, 5) is 112. The zero-order valence-corrected chi connectivity index (χ0v) is 54.7. The molecule has 22 nitrogen and oxygen atoms in total. The van der Waals surface area contributed by atoms with Gasteiger partial charge in [-0.1, -0.05) is 91.0 Å². The zero-order valence-electron chi connectivity index (χ0n) is 54.7. The average molecular weight is 1320 g/mol. The number of rotatable bonds is 15. The van der Waals surface area contributed by atoms with E-state index >= 15 is 0 Å². The molecule has 6 amide bonds. The minimum absolute atomic E-state index is 0. The normalized spacial score (nSPS) is 15.4. The fraction of sp³-hybridized carbons (Fsp3) is 0.267. The van der Waals surface area contributed by atoms with Gasteiger partial charge in [-0.25, -0.2) is 15.0 Å². The number of aryl methyl sites for hydroxylation is 3. The van der Waals surface area contributed by atoms with Crippen molar-refractivity contribution in [2.75, 3.05) is 81.9 Å². The lowest BCUT2D eigenvalue weighted by molar-refractivity contribution is 0.0637. The molecule has 12 rings (SSSR count). The van der Waals surface area contributed by atoms with Crippen LogP contribution in [-0.2, 0) is 0 Å². The summed E-state index contributed by atoms with van der Waals surface area (Å²) >= 11 is 0. The number of carbonyl (C=O) groups excluding carboxylic acids is 6. The smallest absolute Gasteiger partial charge is 0.276 e. The second kappa shape index (κ2) is 33.2. The van der Waals surface area contributed by atoms with Crippen molar-refractivity contribution in [1.82, 2.24) is 54.8 Å². The van der Waals surface area contributed by atoms with E-state index in [0.717, 1.165) is 56.7 Å². The minimum atomic E-state index is -0.337. The Labute approximate surface area is 578 Å². The van der Waals surface area contributed by atoms with Gasteiger partial charge in [0.1, 0.15) is 17.1 Å². The van der Waals surface area contributed by atoms with Crippen molar-refractivity contribution in [3.8, 4) is 39.8 Å². The number of anilines is 3. The number of aliphatic hydroxyl groups excluding tert-OH is 1. The topological polar surface area (TPSA) is 285 Å². The minimum Gasteiger partial charge on any atom is -0.393 e. The molecule has 0 spiro atoms. The van der Waals surface area contributed by atoms with Crippen molar-refractivity contribution in [1.29, 1.82) is 5.26 Å². The van der Waals surface area contributed by atoms with Gasteiger partial charge in [0.25, 0.3) is 35.4 Å². The number of aromatic nitrogens is 6. The highest BCUT2D eigenvalue weighted by Crippen LogP contribution is 2.26. The predicted octanol–water partition coefficient (Wildman–Crippen LogP) is 12.7. The zero-order chi connectivity index (χ0) is 68.2. The fourth-order valence-corrected chi connectivity index (χ4v) is 11.2. The molecule has 97 heavy (non-hydrogen) atoms. The highest BCUT2D eigenvalue weighted by Gasteiger charge is 2.26. The lowest BCUT2D eigenvalue weighted by Gasteiger charge is -2.34. The number of piperazine rings is 2. The maximum absolute atomic E-state index is 13.1. The van der Waals surface area contributed by atoms with Crippen LogP contribution < -0.4 is 21.3 Å². The quantitative estimate of drug-likeness (QED) is 0.0637. The maximum atomic E-state index is 13.1. The van der Waals surface area contributed by atoms with Gasteiger partial charge in [0.2, 0.25) is 0 Å². The number of hydrogen-bond donors (Lipinski definition) is 5. The lowest BCUT2D eigenvalue weighted by Crippen LogP contribution is -2.48. The highest BCUT2D eigenvalue weighted by molar-refractivity contribution is 6.06. The van der Waals surface area contributed by atoms with E-state index in [4.69, 9.17) is 5.26 Å². The van der Waals surface area contributed by atoms with Crippen LogP contribution in [0.2, 0.25) is 0 Å². The second-order valence-electron chi connectivity index (χ2n) is 23.9. The third-order valence-corrected chi connectivity index (χ3v) is 16.9. The SMILES string of the molecule is Cc1ncc(-c2cccc(C(=O)N3CCN(C)CC3)c2)nc1C(=O)Nc1ccccc1.Cc1ncc(-c2cccc(C(=O)N3CCN(CCC#N)CC3)c2)nc1C(=O)Nc1ccccc1.Cc1ncc(-c2cccc(C(=O)NC3CCC(O)CC3)c2)nc1C(=O)Nc1ccccc1.[HH].[HH].[HH].[HH].[HH].[HH].[HH].[HH].[HH].[HH]. The summed E-state index contributed by atoms with van der Waals surface area (Å²) in [5.41, 5.74) is 9.87. The van der Waals surface area contributed by atoms with Crippen LogP contribution in [0.5, 0.6) is 0 Å². The monoisotopic (exact) mass is 1320 g/mol. The van der Waals surface area contributed by atoms with E-state index in [1.165, 1.54) is 0 Å². The summed E-state index contributed by atoms with van der Waals surface area (Å²) < 4.78 is 0. The average Bonchev–Trinajstić information content (AvgIpc) is 0.811. The molecular weight excluding hydrogens is 1220 g/mol. The van der Waals surface area contributed by atoms with Crippen LogP contribution in [0.25, 0.3) is 33.8 Å². The van der Waals surface area contributed by atoms with E-state index in [-0.39, 0.29) is 78.9 Å². The number of carbonyl (C=O) groups is 6. The number of para-hydroxylation sites is 3. The molecule has 9 aromatic rings. The van der Waals surface area contributed by atoms with Crippen molar-refractivity contribution in [3.63, 3.8) is 0 Å². The van der Waals surface area contributed by atoms with Gasteiger partial charge in [0.05, 0.1) is 64.9 Å². The summed E-state index contributed by atoms with van der Waals surface area (Å²) in [6.07, 6.45) is 8.05. The second-order valence-corrected chi connectivity index (χ2v) is 23.9. The van der Waals surface area contributed by atoms with Crippen LogP contribution in [0.15, 0.2) is 182 Å². The van der Waals surface area contributed by atoms with Crippen molar-refractivity contribution in [2.45, 2.75) is 65.0 Å². The van der Waals surface area contributed by atoms with Crippen molar-refractivity contribution in [2.24, 2.45) is 0 Å². The first-order chi connectivity index (χ1) is 47.0. The molecule has 3 aliphatic rings. The Morgan fingerprint density at radius 1 is 0.474 bits per heavy atom. The molecule has 514 valence electrons. The molecule has 3 fully saturated rings. The number of nitriles is 1. The number of hydrogen-bond acceptors (Lipinski definition) is 16. The van der Waals surface area contributed by atoms with Gasteiger partial charge in [-0.15, -0.1) is 0 Å². The lowest BCUT2D eigenvalue weighted by atomic mass is 9.93. The highest BCUT2D eigenvalue weighted by atomic mass is 16.3. The predicted molar refractivity (Wildman–Crippen MR) is 393 cm³/mol. The summed E-state index contributed by atoms with van der Waals surface area (Å²) in [5.74, 6) is -1.17. The first-order valence-electron chi connectivity index (χ1n) is 32.3. The molecule has 2 saturated heterocycles. The Hall–Kier alpha value is -11.3. The summed E-state index contributed by atoms with van der Waals surface area (Å²) in [6.45, 7) is 11.9. The van der Waals surface area contributed by atoms with Gasteiger partial charge in [-0.2, -0.15) is 5.26 Å². The van der Waals surface area contributed by atoms with Crippen LogP contribution in [-0.4, -0.2) is 168 Å². The van der Waals surface area contributed by atoms with E-state index in [1.807, 2.05) is 131 Å². The van der Waals surface area contributed by atoms with Gasteiger partial charge in [-0.05, 0) is 126 Å². The molecule has 0 unspecified atom stereocenters. The van der Waals surface area contributed by atoms with Crippen LogP contribution in [0, 0.1) is 32.1 Å². The van der Waals surface area contributed by atoms with E-state index < -0.39 is 0 Å². The first-order valence-corrected chi connectivity index (χ1v) is 32.3. The van der Waals surface area contributed by atoms with E-state index in [2.05, 4.69) is 74.1 Å². The van der Waals surface area contributed by atoms with Gasteiger partial charge >= 0.3 is 0 Å². The Morgan fingerprint density at radius 2 is 0.835 bits per heavy atom. The van der Waals surface area contributed by atoms with E-state index in [1.54, 1.807) is 81.8 Å². The van der Waals surface area contributed by atoms with Gasteiger partial charge < -0.3 is 41.1 Å². The molecule has 22 heteroatoms. The molecule has 1 saturated carbocycles. The van der Waals surface area contributed by atoms with E-state index in [9.17, 15) is 33.9 Å². The Morgan fingerprint density at radius 3 is 1.22 bits per heavy atom. The molecule has 1 aliphatic carbocycles. The Bertz CT molecular complexity index is 4330. The van der Waals surface area contributed by atoms with Crippen LogP contribution in [0.4, 0.5) is 17.1 Å². The van der Waals surface area contributed by atoms with Crippen molar-refractivity contribution >= 4 is 52.5 Å². The molecule has 3 aromatic heterocycles. The summed E-state index contributed by atoms with van der Waals surface area (Å²) in [7, 11) is 2.06. The maximum Gasteiger partial charge on any atom is 0.276 e.